The summed E-state index contributed by atoms with van der Waals surface area (Å²) in [6.07, 6.45) is 0.910. The van der Waals surface area contributed by atoms with Crippen molar-refractivity contribution in [3.8, 4) is 0 Å². The lowest BCUT2D eigenvalue weighted by Crippen LogP contribution is -2.27. The molecule has 0 aromatic heterocycles. The molecule has 0 saturated carbocycles. The number of hydrogen-bond donors (Lipinski definition) is 2. The fourth-order valence-electron chi connectivity index (χ4n) is 1.71. The quantitative estimate of drug-likeness (QED) is 0.725. The Balaban J connectivity index is 2.44. The van der Waals surface area contributed by atoms with Gasteiger partial charge in [0.25, 0.3) is 0 Å². The van der Waals surface area contributed by atoms with E-state index >= 15 is 0 Å². The Hall–Kier alpha value is -0.810. The number of ether oxygens (including phenoxy) is 1. The van der Waals surface area contributed by atoms with Gasteiger partial charge in [-0.15, -0.1) is 0 Å². The van der Waals surface area contributed by atoms with Crippen LogP contribution in [0, 0.1) is 0 Å². The van der Waals surface area contributed by atoms with Crippen LogP contribution in [0.15, 0.2) is 18.2 Å². The maximum absolute atomic E-state index is 10.5. The van der Waals surface area contributed by atoms with Crippen LogP contribution in [-0.2, 0) is 9.53 Å². The number of halogens is 2. The number of primary amides is 1. The van der Waals surface area contributed by atoms with Crippen molar-refractivity contribution in [2.75, 3.05) is 19.8 Å². The summed E-state index contributed by atoms with van der Waals surface area (Å²) in [5.74, 6) is -0.462. The lowest BCUT2D eigenvalue weighted by Gasteiger charge is -2.18. The van der Waals surface area contributed by atoms with Crippen molar-refractivity contribution < 1.29 is 9.53 Å². The van der Waals surface area contributed by atoms with Crippen molar-refractivity contribution in [1.82, 2.24) is 5.32 Å². The van der Waals surface area contributed by atoms with Crippen LogP contribution in [0.5, 0.6) is 0 Å². The molecule has 0 aliphatic carbocycles. The average molecular weight is 305 g/mol. The Morgan fingerprint density at radius 3 is 2.74 bits per heavy atom. The first kappa shape index (κ1) is 16.2. The Kier molecular flexibility index (Phi) is 7.16. The van der Waals surface area contributed by atoms with Gasteiger partial charge >= 0.3 is 0 Å². The standard InChI is InChI=1S/C13H18Cl2N2O2/c1-2-12(17-5-6-19-8-13(16)18)9-3-4-10(14)11(15)7-9/h3-4,7,12,17H,2,5-6,8H2,1H3,(H2,16,18). The Bertz CT molecular complexity index is 427. The van der Waals surface area contributed by atoms with Gasteiger partial charge in [0.15, 0.2) is 0 Å². The predicted molar refractivity (Wildman–Crippen MR) is 77.5 cm³/mol. The van der Waals surface area contributed by atoms with Crippen LogP contribution in [0.25, 0.3) is 0 Å². The molecule has 0 heterocycles. The van der Waals surface area contributed by atoms with E-state index in [4.69, 9.17) is 33.7 Å². The van der Waals surface area contributed by atoms with Gasteiger partial charge in [0.1, 0.15) is 6.61 Å². The minimum absolute atomic E-state index is 0.0504. The van der Waals surface area contributed by atoms with Crippen molar-refractivity contribution in [2.24, 2.45) is 5.73 Å². The zero-order chi connectivity index (χ0) is 14.3. The van der Waals surface area contributed by atoms with E-state index in [0.29, 0.717) is 23.2 Å². The zero-order valence-electron chi connectivity index (χ0n) is 10.8. The first-order chi connectivity index (χ1) is 9.04. The molecule has 1 unspecified atom stereocenters. The topological polar surface area (TPSA) is 64.3 Å². The highest BCUT2D eigenvalue weighted by Gasteiger charge is 2.10. The number of nitrogens with two attached hydrogens (primary N) is 1. The number of hydrogen-bond acceptors (Lipinski definition) is 3. The lowest BCUT2D eigenvalue weighted by molar-refractivity contribution is -0.122. The third-order valence-corrected chi connectivity index (χ3v) is 3.37. The molecule has 0 radical (unpaired) electrons. The largest absolute Gasteiger partial charge is 0.370 e. The summed E-state index contributed by atoms with van der Waals surface area (Å²) < 4.78 is 5.08. The van der Waals surface area contributed by atoms with E-state index in [9.17, 15) is 4.79 Å². The summed E-state index contributed by atoms with van der Waals surface area (Å²) in [6.45, 7) is 3.09. The Labute approximate surface area is 123 Å². The second-order valence-corrected chi connectivity index (χ2v) is 4.92. The molecule has 0 saturated heterocycles. The molecule has 4 nitrogen and oxygen atoms in total. The van der Waals surface area contributed by atoms with E-state index in [0.717, 1.165) is 12.0 Å². The van der Waals surface area contributed by atoms with E-state index in [1.54, 1.807) is 6.07 Å². The van der Waals surface area contributed by atoms with Crippen molar-refractivity contribution >= 4 is 29.1 Å². The highest BCUT2D eigenvalue weighted by atomic mass is 35.5. The van der Waals surface area contributed by atoms with Crippen molar-refractivity contribution in [2.45, 2.75) is 19.4 Å². The molecule has 1 aromatic carbocycles. The highest BCUT2D eigenvalue weighted by Crippen LogP contribution is 2.26. The first-order valence-corrected chi connectivity index (χ1v) is 6.84. The molecule has 6 heteroatoms. The molecule has 19 heavy (non-hydrogen) atoms. The molecule has 0 spiro atoms. The SMILES string of the molecule is CCC(NCCOCC(N)=O)c1ccc(Cl)c(Cl)c1. The second kappa shape index (κ2) is 8.38. The predicted octanol–water partition coefficient (Wildman–Crippen LogP) is 2.54. The average Bonchev–Trinajstić information content (AvgIpc) is 2.37. The third kappa shape index (κ3) is 5.78. The number of carbonyl (C=O) groups excluding carboxylic acids is 1. The fourth-order valence-corrected chi connectivity index (χ4v) is 2.01. The Morgan fingerprint density at radius 1 is 1.42 bits per heavy atom. The molecule has 1 atom stereocenters. The van der Waals surface area contributed by atoms with Crippen molar-refractivity contribution in [3.63, 3.8) is 0 Å². The van der Waals surface area contributed by atoms with Crippen molar-refractivity contribution in [3.05, 3.63) is 33.8 Å². The summed E-state index contributed by atoms with van der Waals surface area (Å²) >= 11 is 11.9. The number of benzene rings is 1. The van der Waals surface area contributed by atoms with Gasteiger partial charge in [-0.05, 0) is 24.1 Å². The van der Waals surface area contributed by atoms with Gasteiger partial charge in [-0.3, -0.25) is 4.79 Å². The summed E-state index contributed by atoms with van der Waals surface area (Å²) in [5, 5.41) is 4.42. The molecule has 0 bridgehead atoms. The van der Waals surface area contributed by atoms with Crippen LogP contribution < -0.4 is 11.1 Å². The molecule has 3 N–H and O–H groups in total. The summed E-state index contributed by atoms with van der Waals surface area (Å²) in [6, 6.07) is 5.76. The van der Waals surface area contributed by atoms with Crippen LogP contribution in [0.3, 0.4) is 0 Å². The lowest BCUT2D eigenvalue weighted by atomic mass is 10.0. The van der Waals surface area contributed by atoms with E-state index in [1.807, 2.05) is 12.1 Å². The van der Waals surface area contributed by atoms with Gasteiger partial charge in [0, 0.05) is 12.6 Å². The Morgan fingerprint density at radius 2 is 2.16 bits per heavy atom. The monoisotopic (exact) mass is 304 g/mol. The molecule has 0 aliphatic heterocycles. The first-order valence-electron chi connectivity index (χ1n) is 6.09. The fraction of sp³-hybridized carbons (Fsp3) is 0.462. The van der Waals surface area contributed by atoms with Gasteiger partial charge in [0.05, 0.1) is 16.7 Å². The summed E-state index contributed by atoms with van der Waals surface area (Å²) in [4.78, 5) is 10.5. The molecular formula is C13H18Cl2N2O2. The van der Waals surface area contributed by atoms with E-state index in [-0.39, 0.29) is 12.6 Å². The van der Waals surface area contributed by atoms with Crippen LogP contribution in [0.4, 0.5) is 0 Å². The molecule has 1 rings (SSSR count). The normalized spacial score (nSPS) is 12.4. The van der Waals surface area contributed by atoms with E-state index in [1.165, 1.54) is 0 Å². The molecular weight excluding hydrogens is 287 g/mol. The number of amides is 1. The van der Waals surface area contributed by atoms with Gasteiger partial charge < -0.3 is 15.8 Å². The molecule has 0 aliphatic rings. The van der Waals surface area contributed by atoms with Crippen LogP contribution in [0.2, 0.25) is 10.0 Å². The molecule has 1 aromatic rings. The maximum Gasteiger partial charge on any atom is 0.243 e. The summed E-state index contributed by atoms with van der Waals surface area (Å²) in [7, 11) is 0. The van der Waals surface area contributed by atoms with E-state index < -0.39 is 5.91 Å². The number of carbonyl (C=O) groups is 1. The van der Waals surface area contributed by atoms with Gasteiger partial charge in [-0.25, -0.2) is 0 Å². The van der Waals surface area contributed by atoms with E-state index in [2.05, 4.69) is 12.2 Å². The van der Waals surface area contributed by atoms with Gasteiger partial charge in [-0.1, -0.05) is 36.2 Å². The maximum atomic E-state index is 10.5. The molecule has 106 valence electrons. The van der Waals surface area contributed by atoms with Gasteiger partial charge in [-0.2, -0.15) is 0 Å². The molecule has 1 amide bonds. The number of nitrogens with one attached hydrogen (secondary N) is 1. The van der Waals surface area contributed by atoms with Gasteiger partial charge in [0.2, 0.25) is 5.91 Å². The highest BCUT2D eigenvalue weighted by molar-refractivity contribution is 6.42. The zero-order valence-corrected chi connectivity index (χ0v) is 12.3. The van der Waals surface area contributed by atoms with Crippen molar-refractivity contribution in [1.29, 1.82) is 0 Å². The second-order valence-electron chi connectivity index (χ2n) is 4.11. The molecule has 0 fully saturated rings. The smallest absolute Gasteiger partial charge is 0.243 e. The minimum atomic E-state index is -0.462. The third-order valence-electron chi connectivity index (χ3n) is 2.64. The summed E-state index contributed by atoms with van der Waals surface area (Å²) in [5.41, 5.74) is 6.05. The van der Waals surface area contributed by atoms with Crippen LogP contribution in [-0.4, -0.2) is 25.7 Å². The van der Waals surface area contributed by atoms with Crippen LogP contribution >= 0.6 is 23.2 Å². The number of rotatable bonds is 8. The van der Waals surface area contributed by atoms with Crippen LogP contribution in [0.1, 0.15) is 24.9 Å². The minimum Gasteiger partial charge on any atom is -0.370 e.